The van der Waals surface area contributed by atoms with Crippen LogP contribution in [0.15, 0.2) is 29.3 Å². The number of nitrogens with zero attached hydrogens (tertiary/aromatic N) is 4. The maximum atomic E-state index is 4.76. The number of halogens is 1. The lowest BCUT2D eigenvalue weighted by Gasteiger charge is -2.13. The Hall–Kier alpha value is -1.64. The highest BCUT2D eigenvalue weighted by Gasteiger charge is 2.14. The van der Waals surface area contributed by atoms with E-state index in [9.17, 15) is 0 Å². The third-order valence-electron chi connectivity index (χ3n) is 4.96. The van der Waals surface area contributed by atoms with Crippen molar-refractivity contribution in [3.05, 3.63) is 47.0 Å². The fourth-order valence-electron chi connectivity index (χ4n) is 3.26. The summed E-state index contributed by atoms with van der Waals surface area (Å²) in [7, 11) is 0. The predicted molar refractivity (Wildman–Crippen MR) is 125 cm³/mol. The number of hydrogen-bond acceptors (Lipinski definition) is 3. The second-order valence-corrected chi connectivity index (χ2v) is 7.28. The summed E-state index contributed by atoms with van der Waals surface area (Å²) in [6.45, 7) is 7.57. The lowest BCUT2D eigenvalue weighted by molar-refractivity contribution is 0.596. The monoisotopic (exact) mass is 496 g/mol. The van der Waals surface area contributed by atoms with Gasteiger partial charge in [0, 0.05) is 19.5 Å². The van der Waals surface area contributed by atoms with Gasteiger partial charge in [0.05, 0.1) is 13.1 Å². The van der Waals surface area contributed by atoms with Gasteiger partial charge in [0.2, 0.25) is 0 Å². The molecule has 0 radical (unpaired) electrons. The van der Waals surface area contributed by atoms with E-state index >= 15 is 0 Å². The molecule has 0 bridgehead atoms. The molecule has 2 aromatic rings. The van der Waals surface area contributed by atoms with Crippen LogP contribution in [0.25, 0.3) is 0 Å². The number of hydrogen-bond donors (Lipinski definition) is 2. The van der Waals surface area contributed by atoms with Crippen LogP contribution in [0, 0.1) is 6.92 Å². The zero-order valence-electron chi connectivity index (χ0n) is 17.1. The van der Waals surface area contributed by atoms with Crippen LogP contribution < -0.4 is 10.6 Å². The first-order valence-corrected chi connectivity index (χ1v) is 10.2. The third kappa shape index (κ3) is 6.76. The van der Waals surface area contributed by atoms with Gasteiger partial charge in [0.15, 0.2) is 11.8 Å². The normalized spacial score (nSPS) is 14.0. The van der Waals surface area contributed by atoms with Gasteiger partial charge in [-0.25, -0.2) is 4.99 Å². The van der Waals surface area contributed by atoms with Crippen molar-refractivity contribution in [2.75, 3.05) is 6.54 Å². The van der Waals surface area contributed by atoms with Gasteiger partial charge in [0.1, 0.15) is 5.82 Å². The lowest BCUT2D eigenvalue weighted by atomic mass is 10.1. The Morgan fingerprint density at radius 1 is 1.11 bits per heavy atom. The minimum atomic E-state index is 0. The molecule has 1 aromatic carbocycles. The summed E-state index contributed by atoms with van der Waals surface area (Å²) < 4.78 is 2.28. The molecule has 0 saturated carbocycles. The van der Waals surface area contributed by atoms with Gasteiger partial charge in [-0.2, -0.15) is 0 Å². The number of nitrogens with one attached hydrogen (secondary N) is 2. The van der Waals surface area contributed by atoms with Crippen LogP contribution in [-0.4, -0.2) is 27.3 Å². The second kappa shape index (κ2) is 12.0. The number of fused-ring (bicyclic) bond motifs is 1. The topological polar surface area (TPSA) is 67.1 Å². The van der Waals surface area contributed by atoms with Crippen LogP contribution >= 0.6 is 24.0 Å². The highest BCUT2D eigenvalue weighted by molar-refractivity contribution is 14.0. The van der Waals surface area contributed by atoms with E-state index in [2.05, 4.69) is 63.5 Å². The van der Waals surface area contributed by atoms with Crippen molar-refractivity contribution in [3.8, 4) is 0 Å². The Morgan fingerprint density at radius 3 is 2.71 bits per heavy atom. The molecule has 0 aliphatic carbocycles. The van der Waals surface area contributed by atoms with Gasteiger partial charge >= 0.3 is 0 Å². The minimum Gasteiger partial charge on any atom is -0.356 e. The summed E-state index contributed by atoms with van der Waals surface area (Å²) in [5.74, 6) is 2.98. The Kier molecular flexibility index (Phi) is 9.73. The quantitative estimate of drug-likeness (QED) is 0.264. The maximum absolute atomic E-state index is 4.76. The zero-order chi connectivity index (χ0) is 18.9. The molecule has 0 saturated heterocycles. The largest absolute Gasteiger partial charge is 0.356 e. The fraction of sp³-hybridized carbons (Fsp3) is 0.571. The molecule has 0 spiro atoms. The molecule has 28 heavy (non-hydrogen) atoms. The first-order chi connectivity index (χ1) is 13.3. The van der Waals surface area contributed by atoms with E-state index in [4.69, 9.17) is 4.99 Å². The summed E-state index contributed by atoms with van der Waals surface area (Å²) in [6.07, 6.45) is 7.03. The average Bonchev–Trinajstić information content (AvgIpc) is 2.91. The number of aliphatic imine (C=N–C) groups is 1. The fourth-order valence-corrected chi connectivity index (χ4v) is 3.26. The molecule has 7 heteroatoms. The Labute approximate surface area is 185 Å². The molecule has 6 nitrogen and oxygen atoms in total. The summed E-state index contributed by atoms with van der Waals surface area (Å²) in [4.78, 5) is 4.76. The molecule has 1 aliphatic rings. The number of guanidine groups is 1. The summed E-state index contributed by atoms with van der Waals surface area (Å²) in [6, 6.07) is 8.55. The molecule has 0 atom stereocenters. The summed E-state index contributed by atoms with van der Waals surface area (Å²) in [5, 5.41) is 15.7. The molecule has 2 N–H and O–H groups in total. The van der Waals surface area contributed by atoms with Gasteiger partial charge in [0.25, 0.3) is 0 Å². The van der Waals surface area contributed by atoms with Gasteiger partial charge in [-0.15, -0.1) is 34.2 Å². The minimum absolute atomic E-state index is 0. The van der Waals surface area contributed by atoms with Crippen molar-refractivity contribution in [3.63, 3.8) is 0 Å². The van der Waals surface area contributed by atoms with Crippen LogP contribution in [0.2, 0.25) is 0 Å². The Bertz CT molecular complexity index is 738. The van der Waals surface area contributed by atoms with Crippen molar-refractivity contribution < 1.29 is 0 Å². The number of benzene rings is 1. The number of aryl methyl sites for hydroxylation is 2. The van der Waals surface area contributed by atoms with Crippen molar-refractivity contribution in [1.82, 2.24) is 25.4 Å². The van der Waals surface area contributed by atoms with Gasteiger partial charge < -0.3 is 15.2 Å². The number of rotatable bonds is 7. The van der Waals surface area contributed by atoms with Crippen molar-refractivity contribution in [1.29, 1.82) is 0 Å². The summed E-state index contributed by atoms with van der Waals surface area (Å²) >= 11 is 0. The molecule has 154 valence electrons. The van der Waals surface area contributed by atoms with Crippen LogP contribution in [0.4, 0.5) is 0 Å². The standard InChI is InChI=1S/C21H32N6.HI/c1-3-4-13-22-21(23-15-18-11-9-17(2)10-12-18)24-16-20-26-25-19-8-6-5-7-14-27(19)20;/h9-12H,3-8,13-16H2,1-2H3,(H2,22,23,24);1H. The molecule has 2 heterocycles. The molecule has 1 aliphatic heterocycles. The van der Waals surface area contributed by atoms with E-state index in [0.717, 1.165) is 50.0 Å². The van der Waals surface area contributed by atoms with E-state index in [1.165, 1.54) is 30.4 Å². The molecular formula is C21H33IN6. The van der Waals surface area contributed by atoms with Crippen molar-refractivity contribution in [2.24, 2.45) is 4.99 Å². The van der Waals surface area contributed by atoms with Gasteiger partial charge in [-0.05, 0) is 31.7 Å². The van der Waals surface area contributed by atoms with Crippen molar-refractivity contribution in [2.45, 2.75) is 72.0 Å². The highest BCUT2D eigenvalue weighted by atomic mass is 127. The highest BCUT2D eigenvalue weighted by Crippen LogP contribution is 2.14. The zero-order valence-corrected chi connectivity index (χ0v) is 19.4. The maximum Gasteiger partial charge on any atom is 0.191 e. The first kappa shape index (κ1) is 22.6. The van der Waals surface area contributed by atoms with Crippen LogP contribution in [0.3, 0.4) is 0 Å². The van der Waals surface area contributed by atoms with Crippen LogP contribution in [0.5, 0.6) is 0 Å². The van der Waals surface area contributed by atoms with E-state index < -0.39 is 0 Å². The van der Waals surface area contributed by atoms with Gasteiger partial charge in [-0.3, -0.25) is 0 Å². The molecule has 3 rings (SSSR count). The van der Waals surface area contributed by atoms with Crippen LogP contribution in [-0.2, 0) is 26.1 Å². The van der Waals surface area contributed by atoms with E-state index in [1.807, 2.05) is 0 Å². The van der Waals surface area contributed by atoms with E-state index in [-0.39, 0.29) is 24.0 Å². The third-order valence-corrected chi connectivity index (χ3v) is 4.96. The molecule has 0 fully saturated rings. The molecular weight excluding hydrogens is 463 g/mol. The Morgan fingerprint density at radius 2 is 1.93 bits per heavy atom. The van der Waals surface area contributed by atoms with Crippen molar-refractivity contribution >= 4 is 29.9 Å². The van der Waals surface area contributed by atoms with E-state index in [0.29, 0.717) is 13.1 Å². The molecule has 0 unspecified atom stereocenters. The SMILES string of the molecule is CCCCNC(=NCc1ccc(C)cc1)NCc1nnc2n1CCCCC2.I. The average molecular weight is 496 g/mol. The Balaban J connectivity index is 0.00000280. The number of unbranched alkanes of at least 4 members (excludes halogenated alkanes) is 1. The van der Waals surface area contributed by atoms with Crippen LogP contribution in [0.1, 0.15) is 61.8 Å². The second-order valence-electron chi connectivity index (χ2n) is 7.28. The summed E-state index contributed by atoms with van der Waals surface area (Å²) in [5.41, 5.74) is 2.49. The smallest absolute Gasteiger partial charge is 0.191 e. The molecule has 0 amide bonds. The lowest BCUT2D eigenvalue weighted by Crippen LogP contribution is -2.38. The number of aromatic nitrogens is 3. The van der Waals surface area contributed by atoms with E-state index in [1.54, 1.807) is 0 Å². The first-order valence-electron chi connectivity index (χ1n) is 10.2. The van der Waals surface area contributed by atoms with Gasteiger partial charge in [-0.1, -0.05) is 49.6 Å². The predicted octanol–water partition coefficient (Wildman–Crippen LogP) is 3.97. The molecule has 1 aromatic heterocycles.